The van der Waals surface area contributed by atoms with E-state index in [1.54, 1.807) is 22.8 Å². The molecule has 0 fully saturated rings. The number of benzene rings is 3. The van der Waals surface area contributed by atoms with Gasteiger partial charge in [0.2, 0.25) is 5.91 Å². The summed E-state index contributed by atoms with van der Waals surface area (Å²) in [6.07, 6.45) is 1.33. The fraction of sp³-hybridized carbons (Fsp3) is 0.125. The van der Waals surface area contributed by atoms with Crippen molar-refractivity contribution in [1.82, 2.24) is 19.5 Å². The Kier molecular flexibility index (Phi) is 6.90. The Labute approximate surface area is 245 Å². The van der Waals surface area contributed by atoms with Crippen LogP contribution in [0.15, 0.2) is 82.3 Å². The molecule has 0 radical (unpaired) electrons. The van der Waals surface area contributed by atoms with E-state index >= 15 is 0 Å². The number of oxazole rings is 1. The van der Waals surface area contributed by atoms with Gasteiger partial charge in [0.15, 0.2) is 5.58 Å². The number of carbonyl (C=O) groups excluding carboxylic acids is 1. The van der Waals surface area contributed by atoms with Gasteiger partial charge in [-0.05, 0) is 54.6 Å². The first kappa shape index (κ1) is 27.3. The molecule has 3 aromatic carbocycles. The third kappa shape index (κ3) is 5.08. The standard InChI is InChI=1S/C32H28N8O3/c1-17-7-4-5-10-24(17)40-22(13-20-9-6-8-18(2)26(20)31(40)42)15-35-30-27(29(34)36-16-37-30)28(33)21-11-12-23-25(14-21)43-32(39-23)38-19(3)41/h4-14,16,33H,15H2,1-3H3,(H,38,39,41)(H3,34,35,36,37). The average molecular weight is 573 g/mol. The van der Waals surface area contributed by atoms with Crippen molar-refractivity contribution in [3.63, 3.8) is 0 Å². The molecule has 0 unspecified atom stereocenters. The van der Waals surface area contributed by atoms with Crippen molar-refractivity contribution in [1.29, 1.82) is 5.41 Å². The maximum atomic E-state index is 13.9. The van der Waals surface area contributed by atoms with Crippen molar-refractivity contribution in [2.24, 2.45) is 0 Å². The first-order valence-electron chi connectivity index (χ1n) is 13.5. The van der Waals surface area contributed by atoms with Crippen LogP contribution < -0.4 is 21.9 Å². The minimum absolute atomic E-state index is 0.0606. The molecule has 3 heterocycles. The highest BCUT2D eigenvalue weighted by molar-refractivity contribution is 6.17. The Morgan fingerprint density at radius 3 is 2.60 bits per heavy atom. The third-order valence-corrected chi connectivity index (χ3v) is 7.21. The summed E-state index contributed by atoms with van der Waals surface area (Å²) in [6.45, 7) is 5.48. The number of pyridine rings is 1. The molecule has 6 rings (SSSR count). The molecule has 0 bridgehead atoms. The largest absolute Gasteiger partial charge is 0.423 e. The molecule has 0 aliphatic heterocycles. The van der Waals surface area contributed by atoms with Gasteiger partial charge in [0.05, 0.1) is 28.9 Å². The van der Waals surface area contributed by atoms with Crippen LogP contribution >= 0.6 is 0 Å². The highest BCUT2D eigenvalue weighted by Crippen LogP contribution is 2.27. The van der Waals surface area contributed by atoms with Crippen LogP contribution in [0.5, 0.6) is 0 Å². The van der Waals surface area contributed by atoms with Crippen LogP contribution in [0.25, 0.3) is 27.6 Å². The number of anilines is 3. The number of amides is 1. The van der Waals surface area contributed by atoms with Crippen LogP contribution in [0.3, 0.4) is 0 Å². The second-order valence-corrected chi connectivity index (χ2v) is 10.2. The van der Waals surface area contributed by atoms with Crippen LogP contribution in [-0.4, -0.2) is 31.1 Å². The van der Waals surface area contributed by atoms with Crippen LogP contribution in [0, 0.1) is 19.3 Å². The van der Waals surface area contributed by atoms with E-state index in [4.69, 9.17) is 15.6 Å². The number of carbonyl (C=O) groups is 1. The number of nitrogens with two attached hydrogens (primary N) is 1. The fourth-order valence-electron chi connectivity index (χ4n) is 5.18. The van der Waals surface area contributed by atoms with Gasteiger partial charge in [-0.1, -0.05) is 42.5 Å². The van der Waals surface area contributed by atoms with Crippen LogP contribution in [0.2, 0.25) is 0 Å². The zero-order chi connectivity index (χ0) is 30.2. The molecule has 0 saturated carbocycles. The molecule has 11 heteroatoms. The van der Waals surface area contributed by atoms with Gasteiger partial charge in [0.1, 0.15) is 23.5 Å². The van der Waals surface area contributed by atoms with Gasteiger partial charge in [0, 0.05) is 18.2 Å². The number of fused-ring (bicyclic) bond motifs is 2. The molecule has 0 saturated heterocycles. The van der Waals surface area contributed by atoms with Crippen molar-refractivity contribution >= 4 is 51.1 Å². The molecule has 0 spiro atoms. The molecule has 214 valence electrons. The fourth-order valence-corrected chi connectivity index (χ4v) is 5.18. The molecule has 11 nitrogen and oxygen atoms in total. The number of nitrogens with zero attached hydrogens (tertiary/aromatic N) is 4. The molecule has 0 aliphatic carbocycles. The molecular weight excluding hydrogens is 544 g/mol. The Morgan fingerprint density at radius 2 is 1.81 bits per heavy atom. The Morgan fingerprint density at radius 1 is 1.02 bits per heavy atom. The zero-order valence-electron chi connectivity index (χ0n) is 23.7. The summed E-state index contributed by atoms with van der Waals surface area (Å²) in [7, 11) is 0. The maximum absolute atomic E-state index is 13.9. The van der Waals surface area contributed by atoms with Gasteiger partial charge in [0.25, 0.3) is 5.56 Å². The van der Waals surface area contributed by atoms with Crippen LogP contribution in [0.1, 0.15) is 34.9 Å². The Hall–Kier alpha value is -5.84. The van der Waals surface area contributed by atoms with Gasteiger partial charge in [-0.2, -0.15) is 4.98 Å². The predicted molar refractivity (Wildman–Crippen MR) is 167 cm³/mol. The lowest BCUT2D eigenvalue weighted by atomic mass is 10.0. The van der Waals surface area contributed by atoms with E-state index in [1.165, 1.54) is 13.3 Å². The van der Waals surface area contributed by atoms with Crippen molar-refractivity contribution in [3.05, 3.63) is 111 Å². The molecule has 0 aliphatic rings. The smallest absolute Gasteiger partial charge is 0.302 e. The van der Waals surface area contributed by atoms with Crippen molar-refractivity contribution in [2.45, 2.75) is 27.3 Å². The van der Waals surface area contributed by atoms with E-state index < -0.39 is 0 Å². The van der Waals surface area contributed by atoms with E-state index in [0.717, 1.165) is 22.2 Å². The molecule has 1 amide bonds. The highest BCUT2D eigenvalue weighted by atomic mass is 16.4. The highest BCUT2D eigenvalue weighted by Gasteiger charge is 2.20. The van der Waals surface area contributed by atoms with E-state index in [0.29, 0.717) is 39.1 Å². The van der Waals surface area contributed by atoms with E-state index in [1.807, 2.05) is 62.4 Å². The molecule has 43 heavy (non-hydrogen) atoms. The van der Waals surface area contributed by atoms with Crippen molar-refractivity contribution in [3.8, 4) is 5.69 Å². The molecule has 5 N–H and O–H groups in total. The van der Waals surface area contributed by atoms with Gasteiger partial charge < -0.3 is 15.5 Å². The Bertz CT molecular complexity index is 2130. The predicted octanol–water partition coefficient (Wildman–Crippen LogP) is 5.11. The Balaban J connectivity index is 1.40. The molecule has 3 aromatic heterocycles. The summed E-state index contributed by atoms with van der Waals surface area (Å²) in [6, 6.07) is 20.6. The minimum atomic E-state index is -0.307. The quantitative estimate of drug-likeness (QED) is 0.192. The number of aryl methyl sites for hydroxylation is 2. The lowest BCUT2D eigenvalue weighted by molar-refractivity contribution is -0.114. The number of rotatable bonds is 7. The number of hydrogen-bond donors (Lipinski definition) is 4. The van der Waals surface area contributed by atoms with Crippen molar-refractivity contribution in [2.75, 3.05) is 16.4 Å². The third-order valence-electron chi connectivity index (χ3n) is 7.21. The maximum Gasteiger partial charge on any atom is 0.302 e. The molecule has 0 atom stereocenters. The summed E-state index contributed by atoms with van der Waals surface area (Å²) < 4.78 is 7.36. The van der Waals surface area contributed by atoms with Crippen LogP contribution in [0.4, 0.5) is 17.7 Å². The lowest BCUT2D eigenvalue weighted by Crippen LogP contribution is -2.25. The normalized spacial score (nSPS) is 11.1. The monoisotopic (exact) mass is 572 g/mol. The first-order chi connectivity index (χ1) is 20.7. The number of nitrogens with one attached hydrogen (secondary N) is 3. The summed E-state index contributed by atoms with van der Waals surface area (Å²) >= 11 is 0. The molecular formula is C32H28N8O3. The second kappa shape index (κ2) is 10.9. The minimum Gasteiger partial charge on any atom is -0.423 e. The zero-order valence-corrected chi connectivity index (χ0v) is 23.7. The summed E-state index contributed by atoms with van der Waals surface area (Å²) in [4.78, 5) is 38.1. The summed E-state index contributed by atoms with van der Waals surface area (Å²) in [5, 5.41) is 16.3. The van der Waals surface area contributed by atoms with Gasteiger partial charge in [-0.25, -0.2) is 9.97 Å². The van der Waals surface area contributed by atoms with Gasteiger partial charge >= 0.3 is 6.01 Å². The van der Waals surface area contributed by atoms with Gasteiger partial charge in [-0.15, -0.1) is 0 Å². The van der Waals surface area contributed by atoms with E-state index in [-0.39, 0.29) is 35.6 Å². The summed E-state index contributed by atoms with van der Waals surface area (Å²) in [5.74, 6) is 0.144. The summed E-state index contributed by atoms with van der Waals surface area (Å²) in [5.41, 5.74) is 11.3. The first-order valence-corrected chi connectivity index (χ1v) is 13.5. The molecule has 6 aromatic rings. The van der Waals surface area contributed by atoms with E-state index in [9.17, 15) is 9.59 Å². The number of aromatic nitrogens is 4. The number of hydrogen-bond acceptors (Lipinski definition) is 9. The average Bonchev–Trinajstić information content (AvgIpc) is 3.37. The van der Waals surface area contributed by atoms with E-state index in [2.05, 4.69) is 25.6 Å². The number of nitrogen functional groups attached to an aromatic ring is 1. The topological polar surface area (TPSA) is 165 Å². The number of para-hydroxylation sites is 1. The van der Waals surface area contributed by atoms with Crippen LogP contribution in [-0.2, 0) is 11.3 Å². The second-order valence-electron chi connectivity index (χ2n) is 10.2. The van der Waals surface area contributed by atoms with Crippen molar-refractivity contribution < 1.29 is 9.21 Å². The SMILES string of the molecule is CC(=O)Nc1nc2ccc(C(=N)c3c(N)ncnc3NCc3cc4cccc(C)c4c(=O)n3-c3ccccc3C)cc2o1. The van der Waals surface area contributed by atoms with Gasteiger partial charge in [-0.3, -0.25) is 24.9 Å². The lowest BCUT2D eigenvalue weighted by Gasteiger charge is -2.19.